The second-order valence-corrected chi connectivity index (χ2v) is 16.6. The molecule has 7 N–H and O–H groups in total. The van der Waals surface area contributed by atoms with Crippen molar-refractivity contribution in [1.29, 1.82) is 0 Å². The lowest BCUT2D eigenvalue weighted by molar-refractivity contribution is -0.156. The van der Waals surface area contributed by atoms with Crippen molar-refractivity contribution in [3.05, 3.63) is 18.2 Å². The Morgan fingerprint density at radius 2 is 1.29 bits per heavy atom. The number of carboxylic acid groups (broad SMARTS) is 1. The van der Waals surface area contributed by atoms with E-state index in [1.807, 2.05) is 4.90 Å². The van der Waals surface area contributed by atoms with Gasteiger partial charge in [0.25, 0.3) is 5.91 Å². The molecule has 3 amide bonds. The summed E-state index contributed by atoms with van der Waals surface area (Å²) in [5.41, 5.74) is 0.403. The molecule has 2 rings (SSSR count). The maximum Gasteiger partial charge on any atom is 0.326 e. The predicted molar refractivity (Wildman–Crippen MR) is 219 cm³/mol. The number of carbonyl (C=O) groups is 4. The molecule has 0 aromatic carbocycles. The maximum atomic E-state index is 14.2. The number of carbonyl (C=O) groups excluding carboxylic acids is 3. The van der Waals surface area contributed by atoms with Crippen molar-refractivity contribution >= 4 is 35.5 Å². The fraction of sp³-hybridized carbons (Fsp3) is 0.829. The zero-order chi connectivity index (χ0) is 41.3. The number of carboxylic acids is 1. The summed E-state index contributed by atoms with van der Waals surface area (Å²) in [5, 5.41) is 54.1. The highest BCUT2D eigenvalue weighted by atomic mass is 32.2. The average Bonchev–Trinajstić information content (AvgIpc) is 3.87. The van der Waals surface area contributed by atoms with E-state index in [4.69, 9.17) is 0 Å². The van der Waals surface area contributed by atoms with Gasteiger partial charge in [0.1, 0.15) is 35.8 Å². The van der Waals surface area contributed by atoms with Gasteiger partial charge in [0, 0.05) is 44.1 Å². The number of imidazole rings is 1. The van der Waals surface area contributed by atoms with Crippen LogP contribution in [0.3, 0.4) is 0 Å². The van der Waals surface area contributed by atoms with Gasteiger partial charge in [-0.05, 0) is 12.8 Å². The number of aliphatic carboxylic acids is 1. The summed E-state index contributed by atoms with van der Waals surface area (Å²) in [6.07, 6.45) is 17.4. The van der Waals surface area contributed by atoms with Crippen LogP contribution in [-0.4, -0.2) is 130 Å². The highest BCUT2D eigenvalue weighted by Gasteiger charge is 2.48. The largest absolute Gasteiger partial charge is 0.480 e. The van der Waals surface area contributed by atoms with E-state index in [0.29, 0.717) is 18.8 Å². The first-order valence-corrected chi connectivity index (χ1v) is 22.4. The number of hydrogen-bond donors (Lipinski definition) is 7. The van der Waals surface area contributed by atoms with E-state index < -0.39 is 59.7 Å². The molecule has 1 saturated heterocycles. The van der Waals surface area contributed by atoms with Crippen molar-refractivity contribution in [3.8, 4) is 0 Å². The summed E-state index contributed by atoms with van der Waals surface area (Å²) >= 11 is 1.08. The van der Waals surface area contributed by atoms with Crippen molar-refractivity contribution in [1.82, 2.24) is 25.1 Å². The molecule has 322 valence electrons. The topological polar surface area (TPSA) is 217 Å². The van der Waals surface area contributed by atoms with E-state index in [2.05, 4.69) is 29.1 Å². The van der Waals surface area contributed by atoms with Crippen LogP contribution in [0.4, 0.5) is 0 Å². The number of hydrogen-bond acceptors (Lipinski definition) is 10. The second kappa shape index (κ2) is 28.6. The van der Waals surface area contributed by atoms with E-state index in [1.165, 1.54) is 114 Å². The number of aromatic nitrogens is 2. The lowest BCUT2D eigenvalue weighted by Crippen LogP contribution is -2.58. The third-order valence-electron chi connectivity index (χ3n) is 10.7. The highest BCUT2D eigenvalue weighted by molar-refractivity contribution is 8.00. The number of aromatic amines is 1. The van der Waals surface area contributed by atoms with Gasteiger partial charge in [-0.2, -0.15) is 0 Å². The van der Waals surface area contributed by atoms with Crippen molar-refractivity contribution in [2.45, 2.75) is 197 Å². The minimum atomic E-state index is -2.31. The number of amides is 3. The van der Waals surface area contributed by atoms with Crippen LogP contribution in [-0.2, 0) is 25.6 Å². The number of nitrogens with one attached hydrogen (secondary N) is 2. The van der Waals surface area contributed by atoms with Gasteiger partial charge in [0.05, 0.1) is 6.33 Å². The number of thioether (sulfide) groups is 1. The molecule has 0 radical (unpaired) electrons. The lowest BCUT2D eigenvalue weighted by Gasteiger charge is -2.36. The maximum absolute atomic E-state index is 14.2. The predicted octanol–water partition coefficient (Wildman–Crippen LogP) is 4.93. The molecule has 1 aromatic rings. The van der Waals surface area contributed by atoms with Crippen molar-refractivity contribution in [2.24, 2.45) is 0 Å². The van der Waals surface area contributed by atoms with Crippen LogP contribution in [0.1, 0.15) is 155 Å². The summed E-state index contributed by atoms with van der Waals surface area (Å²) in [6, 6.07) is -2.39. The van der Waals surface area contributed by atoms with E-state index in [0.717, 1.165) is 50.3 Å². The summed E-state index contributed by atoms with van der Waals surface area (Å²) < 4.78 is 0. The third-order valence-corrected chi connectivity index (χ3v) is 12.1. The quantitative estimate of drug-likeness (QED) is 0.0485. The highest BCUT2D eigenvalue weighted by Crippen LogP contribution is 2.34. The Labute approximate surface area is 339 Å². The minimum Gasteiger partial charge on any atom is -0.480 e. The second-order valence-electron chi connectivity index (χ2n) is 15.5. The van der Waals surface area contributed by atoms with Crippen LogP contribution >= 0.6 is 11.8 Å². The van der Waals surface area contributed by atoms with Gasteiger partial charge >= 0.3 is 5.97 Å². The summed E-state index contributed by atoms with van der Waals surface area (Å²) in [4.78, 5) is 61.3. The molecule has 2 unspecified atom stereocenters. The van der Waals surface area contributed by atoms with Crippen LogP contribution in [0.2, 0.25) is 0 Å². The normalized spacial score (nSPS) is 18.3. The van der Waals surface area contributed by atoms with Crippen LogP contribution in [0.25, 0.3) is 0 Å². The number of nitrogens with zero attached hydrogens (tertiary/aromatic N) is 3. The zero-order valence-corrected chi connectivity index (χ0v) is 35.1. The number of H-pyrrole nitrogens is 1. The summed E-state index contributed by atoms with van der Waals surface area (Å²) in [6.45, 7) is 6.84. The standard InChI is InChI=1S/C41H73N5O9S/c1-4-6-8-10-12-14-16-18-20-22-24-45(25-23-21-19-17-15-13-11-9-7-5-2)39(53)33-28-56-40(46(33)30(3)47)37(51)35(49)34(48)36(50)38(52)44-32(41(54)55)26-31-27-42-29-43-31/h27,29,32-37,40,48-51H,4-26,28H2,1-3H3,(H,42,43)(H,44,52)(H,54,55)/t32-,33?,34+,35-,36-,37-,40?/m0/s1. The number of rotatable bonds is 32. The first-order valence-electron chi connectivity index (χ1n) is 21.4. The third kappa shape index (κ3) is 17.8. The molecule has 2 heterocycles. The monoisotopic (exact) mass is 812 g/mol. The Hall–Kier alpha value is -2.72. The zero-order valence-electron chi connectivity index (χ0n) is 34.3. The summed E-state index contributed by atoms with van der Waals surface area (Å²) in [5.74, 6) is -3.24. The first-order chi connectivity index (χ1) is 26.9. The molecule has 0 aliphatic carbocycles. The Morgan fingerprint density at radius 1 is 0.804 bits per heavy atom. The van der Waals surface area contributed by atoms with Gasteiger partial charge in [0.15, 0.2) is 6.10 Å². The number of aliphatic hydroxyl groups is 4. The SMILES string of the molecule is CCCCCCCCCCCCN(CCCCCCCCCCCC)C(=O)C1CSC([C@@H](O)[C@@H](O)[C@@H](O)[C@H](O)C(=O)N[C@@H](Cc2cnc[nH]2)C(=O)O)N1C(C)=O. The van der Waals surface area contributed by atoms with Crippen molar-refractivity contribution < 1.29 is 44.7 Å². The molecule has 15 heteroatoms. The summed E-state index contributed by atoms with van der Waals surface area (Å²) in [7, 11) is 0. The van der Waals surface area contributed by atoms with Gasteiger partial charge in [-0.15, -0.1) is 11.8 Å². The van der Waals surface area contributed by atoms with Crippen LogP contribution in [0.15, 0.2) is 12.5 Å². The number of aliphatic hydroxyl groups excluding tert-OH is 4. The Bertz CT molecular complexity index is 1220. The van der Waals surface area contributed by atoms with E-state index in [9.17, 15) is 44.7 Å². The molecule has 7 atom stereocenters. The molecule has 14 nitrogen and oxygen atoms in total. The number of unbranched alkanes of at least 4 members (excludes halogenated alkanes) is 18. The Balaban J connectivity index is 2.02. The molecule has 56 heavy (non-hydrogen) atoms. The van der Waals surface area contributed by atoms with Gasteiger partial charge in [-0.1, -0.05) is 129 Å². The average molecular weight is 812 g/mol. The minimum absolute atomic E-state index is 0.159. The van der Waals surface area contributed by atoms with Gasteiger partial charge in [-0.3, -0.25) is 14.4 Å². The molecular formula is C41H73N5O9S. The molecule has 0 spiro atoms. The first kappa shape index (κ1) is 49.4. The van der Waals surface area contributed by atoms with Crippen molar-refractivity contribution in [3.63, 3.8) is 0 Å². The van der Waals surface area contributed by atoms with E-state index >= 15 is 0 Å². The molecule has 1 aromatic heterocycles. The fourth-order valence-corrected chi connectivity index (χ4v) is 8.79. The molecule has 0 bridgehead atoms. The molecule has 0 saturated carbocycles. The molecular weight excluding hydrogens is 739 g/mol. The van der Waals surface area contributed by atoms with Gasteiger partial charge in [-0.25, -0.2) is 9.78 Å². The molecule has 1 aliphatic rings. The van der Waals surface area contributed by atoms with Crippen LogP contribution in [0, 0.1) is 0 Å². The fourth-order valence-electron chi connectivity index (χ4n) is 7.29. The van der Waals surface area contributed by atoms with E-state index in [-0.39, 0.29) is 18.1 Å². The Morgan fingerprint density at radius 3 is 1.71 bits per heavy atom. The van der Waals surface area contributed by atoms with Gasteiger partial charge in [0.2, 0.25) is 11.8 Å². The van der Waals surface area contributed by atoms with Crippen LogP contribution < -0.4 is 5.32 Å². The van der Waals surface area contributed by atoms with E-state index in [1.54, 1.807) is 0 Å². The van der Waals surface area contributed by atoms with Crippen LogP contribution in [0.5, 0.6) is 0 Å². The molecule has 1 fully saturated rings. The van der Waals surface area contributed by atoms with Gasteiger partial charge < -0.3 is 45.6 Å². The Kier molecular flexibility index (Phi) is 25.3. The lowest BCUT2D eigenvalue weighted by atomic mass is 10.0. The van der Waals surface area contributed by atoms with Crippen molar-refractivity contribution in [2.75, 3.05) is 18.8 Å². The molecule has 1 aliphatic heterocycles. The smallest absolute Gasteiger partial charge is 0.326 e.